The molecule has 0 aliphatic carbocycles. The molecule has 8 heteroatoms. The number of anilines is 3. The lowest BCUT2D eigenvalue weighted by atomic mass is 9.96. The van der Waals surface area contributed by atoms with Crippen LogP contribution in [0.2, 0.25) is 0 Å². The van der Waals surface area contributed by atoms with Gasteiger partial charge in [-0.25, -0.2) is 0 Å². The summed E-state index contributed by atoms with van der Waals surface area (Å²) in [7, 11) is 0. The lowest BCUT2D eigenvalue weighted by Gasteiger charge is -2.24. The highest BCUT2D eigenvalue weighted by atomic mass is 79.9. The first-order valence-electron chi connectivity index (χ1n) is 12.8. The number of nitrogen functional groups attached to an aromatic ring is 1. The topological polar surface area (TPSA) is 105 Å². The van der Waals surface area contributed by atoms with Gasteiger partial charge in [0.05, 0.1) is 11.4 Å². The molecule has 198 valence electrons. The largest absolute Gasteiger partial charge is 0.397 e. The Morgan fingerprint density at radius 3 is 2.39 bits per heavy atom. The van der Waals surface area contributed by atoms with E-state index in [2.05, 4.69) is 31.9 Å². The Bertz CT molecular complexity index is 1240. The van der Waals surface area contributed by atoms with Crippen molar-refractivity contribution in [3.05, 3.63) is 94.5 Å². The van der Waals surface area contributed by atoms with Crippen LogP contribution in [0.25, 0.3) is 6.08 Å². The second-order valence-corrected chi connectivity index (χ2v) is 10.2. The smallest absolute Gasteiger partial charge is 0.248 e. The van der Waals surface area contributed by atoms with Crippen molar-refractivity contribution < 1.29 is 14.3 Å². The normalized spacial score (nSPS) is 14.8. The molecule has 4 rings (SSSR count). The van der Waals surface area contributed by atoms with E-state index < -0.39 is 6.04 Å². The first kappa shape index (κ1) is 27.6. The highest BCUT2D eigenvalue weighted by Crippen LogP contribution is 2.22. The van der Waals surface area contributed by atoms with Crippen LogP contribution in [0.4, 0.5) is 17.1 Å². The number of carbonyl (C=O) groups excluding carboxylic acids is 2. The van der Waals surface area contributed by atoms with Crippen LogP contribution in [0, 0.1) is 5.92 Å². The van der Waals surface area contributed by atoms with E-state index in [4.69, 9.17) is 10.5 Å². The molecule has 1 saturated heterocycles. The van der Waals surface area contributed by atoms with Gasteiger partial charge in [-0.05, 0) is 85.3 Å². The molecule has 5 N–H and O–H groups in total. The predicted molar refractivity (Wildman–Crippen MR) is 157 cm³/mol. The molecule has 0 radical (unpaired) electrons. The van der Waals surface area contributed by atoms with E-state index in [1.807, 2.05) is 60.7 Å². The highest BCUT2D eigenvalue weighted by molar-refractivity contribution is 9.10. The molecular formula is C30H33BrN4O3. The van der Waals surface area contributed by atoms with Crippen molar-refractivity contribution in [3.63, 3.8) is 0 Å². The van der Waals surface area contributed by atoms with Crippen molar-refractivity contribution in [2.24, 2.45) is 5.92 Å². The van der Waals surface area contributed by atoms with Crippen LogP contribution >= 0.6 is 15.9 Å². The number of rotatable bonds is 10. The van der Waals surface area contributed by atoms with Gasteiger partial charge in [-0.1, -0.05) is 52.3 Å². The summed E-state index contributed by atoms with van der Waals surface area (Å²) in [5.74, 6) is 0.215. The molecule has 0 aromatic heterocycles. The van der Waals surface area contributed by atoms with E-state index in [-0.39, 0.29) is 11.8 Å². The van der Waals surface area contributed by atoms with Crippen LogP contribution in [0.1, 0.15) is 36.4 Å². The third-order valence-corrected chi connectivity index (χ3v) is 7.06. The predicted octanol–water partition coefficient (Wildman–Crippen LogP) is 5.77. The summed E-state index contributed by atoms with van der Waals surface area (Å²) in [6.45, 7) is 2.35. The highest BCUT2D eigenvalue weighted by Gasteiger charge is 2.21. The van der Waals surface area contributed by atoms with Crippen LogP contribution in [0.15, 0.2) is 83.3 Å². The van der Waals surface area contributed by atoms with Crippen LogP contribution in [0.3, 0.4) is 0 Å². The Morgan fingerprint density at radius 2 is 1.68 bits per heavy atom. The zero-order valence-corrected chi connectivity index (χ0v) is 22.7. The Kier molecular flexibility index (Phi) is 10.1. The molecule has 1 atom stereocenters. The summed E-state index contributed by atoms with van der Waals surface area (Å²) < 4.78 is 6.42. The average molecular weight is 578 g/mol. The number of amides is 2. The first-order valence-corrected chi connectivity index (χ1v) is 13.6. The molecule has 0 bridgehead atoms. The number of nitrogens with two attached hydrogens (primary N) is 1. The monoisotopic (exact) mass is 576 g/mol. The molecule has 2 amide bonds. The Labute approximate surface area is 232 Å². The maximum atomic E-state index is 13.3. The van der Waals surface area contributed by atoms with Crippen LogP contribution < -0.4 is 21.7 Å². The van der Waals surface area contributed by atoms with Crippen molar-refractivity contribution in [2.75, 3.05) is 36.1 Å². The third-order valence-electron chi connectivity index (χ3n) is 6.53. The van der Waals surface area contributed by atoms with E-state index in [0.717, 1.165) is 60.3 Å². The van der Waals surface area contributed by atoms with E-state index in [0.29, 0.717) is 17.3 Å². The molecule has 1 aliphatic heterocycles. The Hall–Kier alpha value is -3.46. The summed E-state index contributed by atoms with van der Waals surface area (Å²) in [5, 5.41) is 9.26. The van der Waals surface area contributed by atoms with Gasteiger partial charge in [0.25, 0.3) is 0 Å². The number of carbonyl (C=O) groups is 2. The van der Waals surface area contributed by atoms with Gasteiger partial charge >= 0.3 is 0 Å². The van der Waals surface area contributed by atoms with E-state index in [1.54, 1.807) is 18.2 Å². The minimum absolute atomic E-state index is 0.123. The molecule has 0 spiro atoms. The second kappa shape index (κ2) is 13.9. The molecule has 3 aromatic carbocycles. The third kappa shape index (κ3) is 8.28. The minimum atomic E-state index is -0.513. The zero-order valence-electron chi connectivity index (χ0n) is 21.2. The maximum absolute atomic E-state index is 13.3. The van der Waals surface area contributed by atoms with Gasteiger partial charge in [-0.15, -0.1) is 0 Å². The number of halogens is 1. The van der Waals surface area contributed by atoms with Gasteiger partial charge in [0.2, 0.25) is 11.8 Å². The van der Waals surface area contributed by atoms with Gasteiger partial charge in [0.1, 0.15) is 6.04 Å². The minimum Gasteiger partial charge on any atom is -0.397 e. The average Bonchev–Trinajstić information content (AvgIpc) is 2.93. The fourth-order valence-corrected chi connectivity index (χ4v) is 4.60. The lowest BCUT2D eigenvalue weighted by molar-refractivity contribution is -0.118. The molecule has 1 heterocycles. The fourth-order valence-electron chi connectivity index (χ4n) is 4.33. The van der Waals surface area contributed by atoms with Crippen LogP contribution in [-0.4, -0.2) is 31.6 Å². The van der Waals surface area contributed by atoms with Crippen molar-refractivity contribution >= 4 is 50.9 Å². The van der Waals surface area contributed by atoms with Crippen molar-refractivity contribution in [3.8, 4) is 0 Å². The number of benzene rings is 3. The van der Waals surface area contributed by atoms with Crippen LogP contribution in [0.5, 0.6) is 0 Å². The molecule has 1 aliphatic rings. The summed E-state index contributed by atoms with van der Waals surface area (Å²) in [4.78, 5) is 25.6. The first-order chi connectivity index (χ1) is 18.5. The second-order valence-electron chi connectivity index (χ2n) is 9.30. The lowest BCUT2D eigenvalue weighted by Crippen LogP contribution is -2.34. The van der Waals surface area contributed by atoms with Gasteiger partial charge in [-0.2, -0.15) is 0 Å². The molecule has 1 fully saturated rings. The van der Waals surface area contributed by atoms with Gasteiger partial charge in [0, 0.05) is 29.4 Å². The maximum Gasteiger partial charge on any atom is 0.248 e. The molecule has 38 heavy (non-hydrogen) atoms. The van der Waals surface area contributed by atoms with E-state index in [1.165, 1.54) is 6.08 Å². The SMILES string of the molecule is Nc1ccccc1NC(=O)/C=C/c1ccc(C(NCCC2CCOCC2)C(=O)Nc2ccc(Br)cc2)cc1. The number of nitrogens with one attached hydrogen (secondary N) is 3. The summed E-state index contributed by atoms with van der Waals surface area (Å²) in [5.41, 5.74) is 9.41. The zero-order chi connectivity index (χ0) is 26.7. The van der Waals surface area contributed by atoms with Gasteiger partial charge in [0.15, 0.2) is 0 Å². The fraction of sp³-hybridized carbons (Fsp3) is 0.267. The summed E-state index contributed by atoms with van der Waals surface area (Å²) >= 11 is 3.43. The van der Waals surface area contributed by atoms with Crippen molar-refractivity contribution in [1.29, 1.82) is 0 Å². The Morgan fingerprint density at radius 1 is 0.974 bits per heavy atom. The van der Waals surface area contributed by atoms with Gasteiger partial charge < -0.3 is 26.4 Å². The molecular weight excluding hydrogens is 544 g/mol. The van der Waals surface area contributed by atoms with Crippen LogP contribution in [-0.2, 0) is 14.3 Å². The summed E-state index contributed by atoms with van der Waals surface area (Å²) in [6.07, 6.45) is 6.30. The molecule has 3 aromatic rings. The number of para-hydroxylation sites is 2. The quantitative estimate of drug-likeness (QED) is 0.181. The Balaban J connectivity index is 1.41. The molecule has 1 unspecified atom stereocenters. The van der Waals surface area contributed by atoms with Gasteiger partial charge in [-0.3, -0.25) is 9.59 Å². The van der Waals surface area contributed by atoms with E-state index in [9.17, 15) is 9.59 Å². The van der Waals surface area contributed by atoms with Crippen molar-refractivity contribution in [1.82, 2.24) is 5.32 Å². The summed E-state index contributed by atoms with van der Waals surface area (Å²) in [6, 6.07) is 21.8. The number of ether oxygens (including phenoxy) is 1. The standard InChI is InChI=1S/C30H33BrN4O3/c31-24-10-12-25(13-11-24)34-30(37)29(33-18-15-22-16-19-38-20-17-22)23-8-5-21(6-9-23)7-14-28(36)35-27-4-2-1-3-26(27)32/h1-14,22,29,33H,15-20,32H2,(H,34,37)(H,35,36)/b14-7+. The van der Waals surface area contributed by atoms with Crippen molar-refractivity contribution in [2.45, 2.75) is 25.3 Å². The number of hydrogen-bond acceptors (Lipinski definition) is 5. The van der Waals surface area contributed by atoms with E-state index >= 15 is 0 Å². The number of hydrogen-bond donors (Lipinski definition) is 4. The molecule has 7 nitrogen and oxygen atoms in total. The molecule has 0 saturated carbocycles.